The van der Waals surface area contributed by atoms with Gasteiger partial charge in [-0.1, -0.05) is 0 Å². The first kappa shape index (κ1) is 19.9. The molecule has 0 unspecified atom stereocenters. The highest BCUT2D eigenvalue weighted by Crippen LogP contribution is 2.18. The van der Waals surface area contributed by atoms with E-state index in [1.165, 1.54) is 10.7 Å². The maximum atomic E-state index is 12.3. The van der Waals surface area contributed by atoms with E-state index in [9.17, 15) is 9.59 Å². The molecule has 0 saturated carbocycles. The third-order valence-corrected chi connectivity index (χ3v) is 4.27. The van der Waals surface area contributed by atoms with Crippen LogP contribution in [0.4, 0.5) is 10.6 Å². The van der Waals surface area contributed by atoms with E-state index in [1.54, 1.807) is 17.9 Å². The molecule has 1 aliphatic heterocycles. The highest BCUT2D eigenvalue weighted by Gasteiger charge is 2.28. The number of anilines is 1. The first-order valence-electron chi connectivity index (χ1n) is 9.53. The lowest BCUT2D eigenvalue weighted by atomic mass is 10.1. The number of aromatic nitrogens is 3. The van der Waals surface area contributed by atoms with Crippen LogP contribution in [0, 0.1) is 0 Å². The molecule has 28 heavy (non-hydrogen) atoms. The zero-order chi connectivity index (χ0) is 20.3. The lowest BCUT2D eigenvalue weighted by Crippen LogP contribution is -2.47. The molecule has 1 N–H and O–H groups in total. The standard InChI is InChI=1S/C19H27N5O4/c1-5-27-17(25)14-11-20-16-9-8-15(22-24(14)16)21-13-7-6-10-23(12-13)18(26)28-19(2,3)4/h8-9,11,13H,5-7,10,12H2,1-4H3,(H,21,22)/t13-/m1/s1. The van der Waals surface area contributed by atoms with Crippen LogP contribution in [0.25, 0.3) is 5.65 Å². The summed E-state index contributed by atoms with van der Waals surface area (Å²) in [6, 6.07) is 3.64. The predicted molar refractivity (Wildman–Crippen MR) is 103 cm³/mol. The molecular formula is C19H27N5O4. The molecule has 0 radical (unpaired) electrons. The zero-order valence-electron chi connectivity index (χ0n) is 16.8. The number of ether oxygens (including phenoxy) is 2. The molecule has 1 fully saturated rings. The molecule has 152 valence electrons. The van der Waals surface area contributed by atoms with Crippen LogP contribution >= 0.6 is 0 Å². The van der Waals surface area contributed by atoms with E-state index >= 15 is 0 Å². The summed E-state index contributed by atoms with van der Waals surface area (Å²) in [4.78, 5) is 30.3. The minimum atomic E-state index is -0.519. The summed E-state index contributed by atoms with van der Waals surface area (Å²) in [5, 5.41) is 7.82. The SMILES string of the molecule is CCOC(=O)c1cnc2ccc(N[C@@H]3CCCN(C(=O)OC(C)(C)C)C3)nn12. The summed E-state index contributed by atoms with van der Waals surface area (Å²) in [5.41, 5.74) is 0.321. The molecule has 1 atom stereocenters. The van der Waals surface area contributed by atoms with Gasteiger partial charge in [-0.2, -0.15) is 0 Å². The number of amides is 1. The fourth-order valence-electron chi connectivity index (χ4n) is 3.09. The van der Waals surface area contributed by atoms with Gasteiger partial charge in [0.1, 0.15) is 11.4 Å². The van der Waals surface area contributed by atoms with Crippen LogP contribution in [-0.2, 0) is 9.47 Å². The average Bonchev–Trinajstić information content (AvgIpc) is 3.04. The minimum Gasteiger partial charge on any atom is -0.461 e. The zero-order valence-corrected chi connectivity index (χ0v) is 16.8. The smallest absolute Gasteiger partial charge is 0.410 e. The quantitative estimate of drug-likeness (QED) is 0.803. The number of imidazole rings is 1. The summed E-state index contributed by atoms with van der Waals surface area (Å²) >= 11 is 0. The van der Waals surface area contributed by atoms with Crippen LogP contribution in [0.3, 0.4) is 0 Å². The van der Waals surface area contributed by atoms with Crippen molar-refractivity contribution in [3.63, 3.8) is 0 Å². The molecule has 2 aromatic heterocycles. The van der Waals surface area contributed by atoms with E-state index in [0.717, 1.165) is 12.8 Å². The summed E-state index contributed by atoms with van der Waals surface area (Å²) in [7, 11) is 0. The third kappa shape index (κ3) is 4.71. The van der Waals surface area contributed by atoms with Crippen LogP contribution in [0.5, 0.6) is 0 Å². The first-order chi connectivity index (χ1) is 13.3. The number of fused-ring (bicyclic) bond motifs is 1. The molecule has 2 aromatic rings. The minimum absolute atomic E-state index is 0.0424. The number of hydrogen-bond donors (Lipinski definition) is 1. The highest BCUT2D eigenvalue weighted by atomic mass is 16.6. The van der Waals surface area contributed by atoms with Crippen molar-refractivity contribution in [1.29, 1.82) is 0 Å². The number of hydrogen-bond acceptors (Lipinski definition) is 7. The maximum absolute atomic E-state index is 12.3. The van der Waals surface area contributed by atoms with Crippen molar-refractivity contribution >= 4 is 23.5 Å². The van der Waals surface area contributed by atoms with Crippen molar-refractivity contribution in [2.75, 3.05) is 25.0 Å². The van der Waals surface area contributed by atoms with Gasteiger partial charge in [0, 0.05) is 19.1 Å². The lowest BCUT2D eigenvalue weighted by molar-refractivity contribution is 0.0206. The summed E-state index contributed by atoms with van der Waals surface area (Å²) in [6.45, 7) is 8.81. The first-order valence-corrected chi connectivity index (χ1v) is 9.53. The Balaban J connectivity index is 1.70. The van der Waals surface area contributed by atoms with Crippen LogP contribution < -0.4 is 5.32 Å². The molecule has 9 nitrogen and oxygen atoms in total. The number of piperidine rings is 1. The molecule has 1 saturated heterocycles. The van der Waals surface area contributed by atoms with Crippen molar-refractivity contribution in [2.24, 2.45) is 0 Å². The molecule has 0 spiro atoms. The van der Waals surface area contributed by atoms with Crippen molar-refractivity contribution in [3.8, 4) is 0 Å². The van der Waals surface area contributed by atoms with Crippen molar-refractivity contribution < 1.29 is 19.1 Å². The van der Waals surface area contributed by atoms with Gasteiger partial charge in [-0.15, -0.1) is 5.10 Å². The molecule has 3 rings (SSSR count). The number of esters is 1. The molecule has 3 heterocycles. The van der Waals surface area contributed by atoms with Gasteiger partial charge in [-0.3, -0.25) is 0 Å². The Morgan fingerprint density at radius 3 is 2.82 bits per heavy atom. The number of likely N-dealkylation sites (tertiary alicyclic amines) is 1. The summed E-state index contributed by atoms with van der Waals surface area (Å²) in [6.07, 6.45) is 2.93. The van der Waals surface area contributed by atoms with E-state index in [0.29, 0.717) is 24.6 Å². The largest absolute Gasteiger partial charge is 0.461 e. The van der Waals surface area contributed by atoms with Gasteiger partial charge in [0.2, 0.25) is 0 Å². The van der Waals surface area contributed by atoms with Crippen LogP contribution in [0.2, 0.25) is 0 Å². The number of nitrogens with one attached hydrogen (secondary N) is 1. The van der Waals surface area contributed by atoms with E-state index in [1.807, 2.05) is 26.8 Å². The van der Waals surface area contributed by atoms with Gasteiger partial charge in [0.25, 0.3) is 0 Å². The van der Waals surface area contributed by atoms with Gasteiger partial charge < -0.3 is 19.7 Å². The van der Waals surface area contributed by atoms with Gasteiger partial charge in [-0.25, -0.2) is 19.1 Å². The van der Waals surface area contributed by atoms with Gasteiger partial charge in [0.15, 0.2) is 11.3 Å². The molecule has 1 aliphatic rings. The van der Waals surface area contributed by atoms with Crippen molar-refractivity contribution in [2.45, 2.75) is 52.2 Å². The Morgan fingerprint density at radius 1 is 1.32 bits per heavy atom. The van der Waals surface area contributed by atoms with Crippen LogP contribution in [0.15, 0.2) is 18.3 Å². The molecular weight excluding hydrogens is 362 g/mol. The van der Waals surface area contributed by atoms with E-state index in [4.69, 9.17) is 9.47 Å². The second kappa shape index (κ2) is 8.04. The molecule has 0 bridgehead atoms. The third-order valence-electron chi connectivity index (χ3n) is 4.27. The second-order valence-corrected chi connectivity index (χ2v) is 7.76. The fourth-order valence-corrected chi connectivity index (χ4v) is 3.09. The number of rotatable bonds is 4. The van der Waals surface area contributed by atoms with Crippen LogP contribution in [0.1, 0.15) is 51.0 Å². The van der Waals surface area contributed by atoms with Gasteiger partial charge in [-0.05, 0) is 52.7 Å². The fraction of sp³-hybridized carbons (Fsp3) is 0.579. The van der Waals surface area contributed by atoms with E-state index < -0.39 is 11.6 Å². The summed E-state index contributed by atoms with van der Waals surface area (Å²) in [5.74, 6) is 0.139. The Bertz CT molecular complexity index is 858. The Hall–Kier alpha value is -2.84. The number of nitrogens with zero attached hydrogens (tertiary/aromatic N) is 4. The van der Waals surface area contributed by atoms with Gasteiger partial charge >= 0.3 is 12.1 Å². The Morgan fingerprint density at radius 2 is 2.11 bits per heavy atom. The molecule has 1 amide bonds. The molecule has 0 aromatic carbocycles. The van der Waals surface area contributed by atoms with Gasteiger partial charge in [0.05, 0.1) is 12.8 Å². The monoisotopic (exact) mass is 389 g/mol. The topological polar surface area (TPSA) is 98.1 Å². The Kier molecular flexibility index (Phi) is 5.71. The number of carbonyl (C=O) groups is 2. The summed E-state index contributed by atoms with van der Waals surface area (Å²) < 4.78 is 12.0. The molecule has 9 heteroatoms. The lowest BCUT2D eigenvalue weighted by Gasteiger charge is -2.34. The normalized spacial score (nSPS) is 17.4. The van der Waals surface area contributed by atoms with E-state index in [-0.39, 0.29) is 24.4 Å². The van der Waals surface area contributed by atoms with E-state index in [2.05, 4.69) is 15.4 Å². The van der Waals surface area contributed by atoms with Crippen molar-refractivity contribution in [1.82, 2.24) is 19.5 Å². The second-order valence-electron chi connectivity index (χ2n) is 7.76. The number of carbonyl (C=O) groups excluding carboxylic acids is 2. The highest BCUT2D eigenvalue weighted by molar-refractivity contribution is 5.88. The average molecular weight is 389 g/mol. The Labute approximate surface area is 164 Å². The predicted octanol–water partition coefficient (Wildman–Crippen LogP) is 2.72. The van der Waals surface area contributed by atoms with Crippen LogP contribution in [-0.4, -0.2) is 62.9 Å². The maximum Gasteiger partial charge on any atom is 0.410 e. The van der Waals surface area contributed by atoms with Crippen molar-refractivity contribution in [3.05, 3.63) is 24.0 Å². The molecule has 0 aliphatic carbocycles.